The number of imidazole rings is 1. The van der Waals surface area contributed by atoms with E-state index < -0.39 is 0 Å². The zero-order valence-electron chi connectivity index (χ0n) is 18.8. The Kier molecular flexibility index (Phi) is 4.61. The van der Waals surface area contributed by atoms with Crippen molar-refractivity contribution in [1.82, 2.24) is 14.1 Å². The number of fused-ring (bicyclic) bond motifs is 5. The third kappa shape index (κ3) is 3.14. The van der Waals surface area contributed by atoms with Gasteiger partial charge in [-0.1, -0.05) is 82.7 Å². The molecule has 35 heavy (non-hydrogen) atoms. The molecule has 0 saturated heterocycles. The van der Waals surface area contributed by atoms with Gasteiger partial charge in [0.15, 0.2) is 0 Å². The Bertz CT molecular complexity index is 1830. The van der Waals surface area contributed by atoms with Crippen LogP contribution in [0, 0.1) is 0 Å². The van der Waals surface area contributed by atoms with Crippen molar-refractivity contribution in [3.05, 3.63) is 126 Å². The van der Waals surface area contributed by atoms with E-state index in [1.54, 1.807) is 0 Å². The first kappa shape index (κ1) is 20.2. The summed E-state index contributed by atoms with van der Waals surface area (Å²) in [5.74, 6) is 0.931. The number of para-hydroxylation sites is 2. The highest BCUT2D eigenvalue weighted by Crippen LogP contribution is 2.38. The monoisotopic (exact) mass is 513 g/mol. The molecule has 0 aliphatic carbocycles. The fourth-order valence-corrected chi connectivity index (χ4v) is 5.33. The minimum Gasteiger partial charge on any atom is -0.307 e. The second-order valence-electron chi connectivity index (χ2n) is 8.63. The van der Waals surface area contributed by atoms with Crippen LogP contribution in [-0.4, -0.2) is 14.1 Å². The normalized spacial score (nSPS) is 11.6. The van der Waals surface area contributed by atoms with Crippen LogP contribution in [0.25, 0.3) is 55.6 Å². The maximum Gasteiger partial charge on any atom is 0.145 e. The average Bonchev–Trinajstić information content (AvgIpc) is 3.47. The van der Waals surface area contributed by atoms with Gasteiger partial charge in [-0.25, -0.2) is 4.98 Å². The Balaban J connectivity index is 1.67. The maximum absolute atomic E-state index is 5.32. The van der Waals surface area contributed by atoms with Crippen molar-refractivity contribution in [3.63, 3.8) is 0 Å². The SMILES string of the molecule is Brc1ccc(-n2c(-c3ccccc3)nc3c2ccc2c4ccccc4n(-c4ccccc4)c23)cc1. The van der Waals surface area contributed by atoms with Crippen LogP contribution in [0.3, 0.4) is 0 Å². The summed E-state index contributed by atoms with van der Waals surface area (Å²) in [4.78, 5) is 5.32. The predicted octanol–water partition coefficient (Wildman–Crippen LogP) is 8.55. The minimum absolute atomic E-state index is 0.931. The van der Waals surface area contributed by atoms with Gasteiger partial charge < -0.3 is 4.57 Å². The van der Waals surface area contributed by atoms with Crippen molar-refractivity contribution in [2.45, 2.75) is 0 Å². The van der Waals surface area contributed by atoms with Crippen molar-refractivity contribution in [1.29, 1.82) is 0 Å². The molecule has 2 heterocycles. The lowest BCUT2D eigenvalue weighted by Crippen LogP contribution is -1.97. The molecule has 7 aromatic rings. The predicted molar refractivity (Wildman–Crippen MR) is 149 cm³/mol. The Morgan fingerprint density at radius 1 is 0.514 bits per heavy atom. The largest absolute Gasteiger partial charge is 0.307 e. The Labute approximate surface area is 211 Å². The zero-order chi connectivity index (χ0) is 23.4. The van der Waals surface area contributed by atoms with Gasteiger partial charge in [0, 0.05) is 32.2 Å². The van der Waals surface area contributed by atoms with Gasteiger partial charge in [-0.3, -0.25) is 4.57 Å². The van der Waals surface area contributed by atoms with Crippen molar-refractivity contribution in [3.8, 4) is 22.8 Å². The van der Waals surface area contributed by atoms with Crippen molar-refractivity contribution >= 4 is 48.8 Å². The summed E-state index contributed by atoms with van der Waals surface area (Å²) >= 11 is 3.58. The van der Waals surface area contributed by atoms with E-state index in [0.29, 0.717) is 0 Å². The van der Waals surface area contributed by atoms with Crippen LogP contribution in [-0.2, 0) is 0 Å². The number of hydrogen-bond donors (Lipinski definition) is 0. The first-order chi connectivity index (χ1) is 17.3. The van der Waals surface area contributed by atoms with E-state index in [1.807, 2.05) is 6.07 Å². The second-order valence-corrected chi connectivity index (χ2v) is 9.55. The van der Waals surface area contributed by atoms with E-state index in [4.69, 9.17) is 4.98 Å². The zero-order valence-corrected chi connectivity index (χ0v) is 20.4. The van der Waals surface area contributed by atoms with Gasteiger partial charge in [0.05, 0.1) is 16.6 Å². The van der Waals surface area contributed by atoms with Crippen LogP contribution in [0.15, 0.2) is 126 Å². The topological polar surface area (TPSA) is 22.8 Å². The van der Waals surface area contributed by atoms with Crippen molar-refractivity contribution < 1.29 is 0 Å². The lowest BCUT2D eigenvalue weighted by molar-refractivity contribution is 1.10. The molecule has 3 nitrogen and oxygen atoms in total. The van der Waals surface area contributed by atoms with Crippen molar-refractivity contribution in [2.24, 2.45) is 0 Å². The van der Waals surface area contributed by atoms with Gasteiger partial charge >= 0.3 is 0 Å². The highest BCUT2D eigenvalue weighted by Gasteiger charge is 2.21. The third-order valence-electron chi connectivity index (χ3n) is 6.59. The first-order valence-electron chi connectivity index (χ1n) is 11.6. The molecule has 0 bridgehead atoms. The van der Waals surface area contributed by atoms with Crippen molar-refractivity contribution in [2.75, 3.05) is 0 Å². The molecule has 0 N–H and O–H groups in total. The minimum atomic E-state index is 0.931. The molecule has 0 spiro atoms. The molecular weight excluding hydrogens is 494 g/mol. The molecule has 0 amide bonds. The molecule has 0 unspecified atom stereocenters. The number of rotatable bonds is 3. The van der Waals surface area contributed by atoms with E-state index >= 15 is 0 Å². The summed E-state index contributed by atoms with van der Waals surface area (Å²) < 4.78 is 5.67. The smallest absolute Gasteiger partial charge is 0.145 e. The molecule has 0 radical (unpaired) electrons. The molecule has 0 atom stereocenters. The summed E-state index contributed by atoms with van der Waals surface area (Å²) in [6.07, 6.45) is 0. The summed E-state index contributed by atoms with van der Waals surface area (Å²) in [6.45, 7) is 0. The summed E-state index contributed by atoms with van der Waals surface area (Å²) in [5.41, 5.74) is 7.68. The van der Waals surface area contributed by atoms with E-state index in [2.05, 4.69) is 140 Å². The fourth-order valence-electron chi connectivity index (χ4n) is 5.07. The summed E-state index contributed by atoms with van der Waals surface area (Å²) in [6, 6.07) is 42.5. The number of halogens is 1. The summed E-state index contributed by atoms with van der Waals surface area (Å²) in [7, 11) is 0. The van der Waals surface area contributed by atoms with Gasteiger partial charge in [0.1, 0.15) is 11.3 Å². The molecular formula is C31H20BrN3. The average molecular weight is 514 g/mol. The fraction of sp³-hybridized carbons (Fsp3) is 0. The molecule has 2 aromatic heterocycles. The lowest BCUT2D eigenvalue weighted by Gasteiger charge is -2.10. The number of aromatic nitrogens is 3. The van der Waals surface area contributed by atoms with E-state index in [0.717, 1.165) is 43.8 Å². The van der Waals surface area contributed by atoms with E-state index in [-0.39, 0.29) is 0 Å². The van der Waals surface area contributed by atoms with Gasteiger partial charge in [-0.2, -0.15) is 0 Å². The molecule has 0 aliphatic rings. The molecule has 0 fully saturated rings. The van der Waals surface area contributed by atoms with Gasteiger partial charge in [0.25, 0.3) is 0 Å². The highest BCUT2D eigenvalue weighted by molar-refractivity contribution is 9.10. The molecule has 0 saturated carbocycles. The van der Waals surface area contributed by atoms with Crippen LogP contribution in [0.1, 0.15) is 0 Å². The summed E-state index contributed by atoms with van der Waals surface area (Å²) in [5, 5.41) is 2.43. The van der Waals surface area contributed by atoms with Crippen LogP contribution >= 0.6 is 15.9 Å². The standard InChI is InChI=1S/C31H20BrN3/c32-22-15-17-24(18-16-22)35-28-20-19-26-25-13-7-8-14-27(25)34(23-11-5-2-6-12-23)30(26)29(28)33-31(35)21-9-3-1-4-10-21/h1-20H. The molecule has 4 heteroatoms. The first-order valence-corrected chi connectivity index (χ1v) is 12.4. The number of hydrogen-bond acceptors (Lipinski definition) is 1. The van der Waals surface area contributed by atoms with Crippen LogP contribution in [0.4, 0.5) is 0 Å². The van der Waals surface area contributed by atoms with Crippen LogP contribution in [0.5, 0.6) is 0 Å². The van der Waals surface area contributed by atoms with Crippen LogP contribution < -0.4 is 0 Å². The highest BCUT2D eigenvalue weighted by atomic mass is 79.9. The molecule has 166 valence electrons. The maximum atomic E-state index is 5.32. The second kappa shape index (κ2) is 7.97. The Morgan fingerprint density at radius 3 is 1.94 bits per heavy atom. The molecule has 0 aliphatic heterocycles. The van der Waals surface area contributed by atoms with Gasteiger partial charge in [-0.15, -0.1) is 0 Å². The van der Waals surface area contributed by atoms with E-state index in [9.17, 15) is 0 Å². The third-order valence-corrected chi connectivity index (χ3v) is 7.12. The number of benzene rings is 5. The Morgan fingerprint density at radius 2 is 1.17 bits per heavy atom. The molecule has 5 aromatic carbocycles. The van der Waals surface area contributed by atoms with Gasteiger partial charge in [0.2, 0.25) is 0 Å². The van der Waals surface area contributed by atoms with E-state index in [1.165, 1.54) is 16.3 Å². The van der Waals surface area contributed by atoms with Crippen LogP contribution in [0.2, 0.25) is 0 Å². The van der Waals surface area contributed by atoms with Gasteiger partial charge in [-0.05, 0) is 54.6 Å². The lowest BCUT2D eigenvalue weighted by atomic mass is 10.1. The Hall–Kier alpha value is -4.15. The molecule has 7 rings (SSSR count). The quantitative estimate of drug-likeness (QED) is 0.232. The number of nitrogens with zero attached hydrogens (tertiary/aromatic N) is 3.